The van der Waals surface area contributed by atoms with E-state index in [-0.39, 0.29) is 0 Å². The van der Waals surface area contributed by atoms with Gasteiger partial charge in [-0.15, -0.1) is 0 Å². The Kier molecular flexibility index (Phi) is 4.85. The van der Waals surface area contributed by atoms with Crippen LogP contribution in [0.25, 0.3) is 0 Å². The molecule has 1 spiro atoms. The van der Waals surface area contributed by atoms with Crippen LogP contribution >= 0.6 is 11.6 Å². The maximum Gasteiger partial charge on any atom is 0.101 e. The lowest BCUT2D eigenvalue weighted by molar-refractivity contribution is 0.0952. The number of hydrogen-bond donors (Lipinski definition) is 1. The van der Waals surface area contributed by atoms with Crippen molar-refractivity contribution in [2.75, 3.05) is 18.1 Å². The van der Waals surface area contributed by atoms with Crippen molar-refractivity contribution in [2.24, 2.45) is 22.4 Å². The monoisotopic (exact) mass is 396 g/mol. The highest BCUT2D eigenvalue weighted by Crippen LogP contribution is 2.45. The number of benzene rings is 1. The van der Waals surface area contributed by atoms with E-state index in [4.69, 9.17) is 16.7 Å². The summed E-state index contributed by atoms with van der Waals surface area (Å²) in [6.07, 6.45) is 11.7. The zero-order chi connectivity index (χ0) is 19.1. The number of hydrogen-bond acceptors (Lipinski definition) is 4. The number of hydrazone groups is 1. The summed E-state index contributed by atoms with van der Waals surface area (Å²) in [6.45, 7) is 2.43. The van der Waals surface area contributed by atoms with Gasteiger partial charge in [0.05, 0.1) is 22.3 Å². The van der Waals surface area contributed by atoms with Gasteiger partial charge in [-0.2, -0.15) is 10.4 Å². The molecule has 4 aliphatic rings. The first-order chi connectivity index (χ1) is 13.7. The predicted octanol–water partition coefficient (Wildman–Crippen LogP) is 5.12. The second-order valence-corrected chi connectivity index (χ2v) is 9.81. The van der Waals surface area contributed by atoms with Crippen molar-refractivity contribution in [1.82, 2.24) is 5.32 Å². The average Bonchev–Trinajstić information content (AvgIpc) is 3.36. The standard InChI is InChI=1S/C23H29ClN4/c24-20-11-19(6-5-18(20)13-25)28-22(17-3-1-2-4-17)12-21(27-28)16-7-9-23(10-8-16)14-26-15-23/h5-6,11,16-17,22,26H,1-4,7-10,12,14-15H2. The number of rotatable bonds is 3. The van der Waals surface area contributed by atoms with Crippen LogP contribution < -0.4 is 10.3 Å². The molecule has 1 N–H and O–H groups in total. The van der Waals surface area contributed by atoms with Gasteiger partial charge in [0.15, 0.2) is 0 Å². The maximum absolute atomic E-state index is 9.20. The van der Waals surface area contributed by atoms with E-state index >= 15 is 0 Å². The molecule has 2 saturated carbocycles. The second kappa shape index (κ2) is 7.35. The summed E-state index contributed by atoms with van der Waals surface area (Å²) in [6, 6.07) is 8.42. The lowest BCUT2D eigenvalue weighted by Gasteiger charge is -2.47. The van der Waals surface area contributed by atoms with Crippen LogP contribution in [0.2, 0.25) is 5.02 Å². The van der Waals surface area contributed by atoms with Crippen molar-refractivity contribution in [3.63, 3.8) is 0 Å². The molecule has 1 unspecified atom stereocenters. The Hall–Kier alpha value is -1.57. The average molecular weight is 397 g/mol. The fourth-order valence-electron chi connectivity index (χ4n) is 5.89. The molecule has 1 aromatic rings. The van der Waals surface area contributed by atoms with Crippen molar-refractivity contribution in [1.29, 1.82) is 5.26 Å². The van der Waals surface area contributed by atoms with E-state index in [1.807, 2.05) is 18.2 Å². The summed E-state index contributed by atoms with van der Waals surface area (Å²) in [5, 5.41) is 20.6. The molecular weight excluding hydrogens is 368 g/mol. The number of anilines is 1. The summed E-state index contributed by atoms with van der Waals surface area (Å²) < 4.78 is 0. The van der Waals surface area contributed by atoms with E-state index < -0.39 is 0 Å². The summed E-state index contributed by atoms with van der Waals surface area (Å²) >= 11 is 6.35. The van der Waals surface area contributed by atoms with Crippen LogP contribution in [0.15, 0.2) is 23.3 Å². The van der Waals surface area contributed by atoms with Gasteiger partial charge >= 0.3 is 0 Å². The van der Waals surface area contributed by atoms with Crippen LogP contribution in [0.5, 0.6) is 0 Å². The minimum absolute atomic E-state index is 0.461. The van der Waals surface area contributed by atoms with Crippen molar-refractivity contribution < 1.29 is 0 Å². The van der Waals surface area contributed by atoms with Crippen LogP contribution in [0.4, 0.5) is 5.69 Å². The van der Waals surface area contributed by atoms with E-state index in [1.165, 1.54) is 70.2 Å². The highest BCUT2D eigenvalue weighted by atomic mass is 35.5. The first-order valence-electron chi connectivity index (χ1n) is 10.9. The van der Waals surface area contributed by atoms with Crippen LogP contribution in [0, 0.1) is 28.6 Å². The Morgan fingerprint density at radius 3 is 2.50 bits per heavy atom. The molecule has 2 aliphatic heterocycles. The SMILES string of the molecule is N#Cc1ccc(N2N=C(C3CCC4(CC3)CNC4)CC2C2CCCC2)cc1Cl. The first-order valence-corrected chi connectivity index (χ1v) is 11.3. The molecule has 5 rings (SSSR count). The van der Waals surface area contributed by atoms with Crippen LogP contribution in [-0.2, 0) is 0 Å². The normalized spacial score (nSPS) is 27.6. The zero-order valence-corrected chi connectivity index (χ0v) is 17.2. The van der Waals surface area contributed by atoms with Gasteiger partial charge < -0.3 is 5.32 Å². The molecule has 2 heterocycles. The molecule has 148 valence electrons. The topological polar surface area (TPSA) is 51.4 Å². The first kappa shape index (κ1) is 18.5. The molecule has 1 aromatic carbocycles. The molecule has 0 bridgehead atoms. The largest absolute Gasteiger partial charge is 0.316 e. The minimum Gasteiger partial charge on any atom is -0.316 e. The number of halogens is 1. The fraction of sp³-hybridized carbons (Fsp3) is 0.652. The summed E-state index contributed by atoms with van der Waals surface area (Å²) in [5.41, 5.74) is 3.60. The molecule has 3 fully saturated rings. The molecule has 1 saturated heterocycles. The molecular formula is C23H29ClN4. The van der Waals surface area contributed by atoms with E-state index in [2.05, 4.69) is 16.4 Å². The van der Waals surface area contributed by atoms with Gasteiger partial charge in [0.2, 0.25) is 0 Å². The zero-order valence-electron chi connectivity index (χ0n) is 16.5. The molecule has 0 radical (unpaired) electrons. The number of nitriles is 1. The van der Waals surface area contributed by atoms with Crippen molar-refractivity contribution >= 4 is 23.0 Å². The van der Waals surface area contributed by atoms with E-state index in [1.54, 1.807) is 0 Å². The predicted molar refractivity (Wildman–Crippen MR) is 114 cm³/mol. The smallest absolute Gasteiger partial charge is 0.101 e. The molecule has 1 atom stereocenters. The minimum atomic E-state index is 0.461. The molecule has 0 aromatic heterocycles. The van der Waals surface area contributed by atoms with Crippen molar-refractivity contribution in [3.05, 3.63) is 28.8 Å². The Morgan fingerprint density at radius 2 is 1.89 bits per heavy atom. The van der Waals surface area contributed by atoms with Gasteiger partial charge in [-0.1, -0.05) is 24.4 Å². The summed E-state index contributed by atoms with van der Waals surface area (Å²) in [7, 11) is 0. The Bertz CT molecular complexity index is 806. The third kappa shape index (κ3) is 3.23. The molecule has 2 aliphatic carbocycles. The van der Waals surface area contributed by atoms with Gasteiger partial charge in [-0.05, 0) is 74.0 Å². The lowest BCUT2D eigenvalue weighted by Crippen LogP contribution is -2.55. The van der Waals surface area contributed by atoms with E-state index in [0.717, 1.165) is 18.0 Å². The third-order valence-electron chi connectivity index (χ3n) is 7.77. The maximum atomic E-state index is 9.20. The van der Waals surface area contributed by atoms with Crippen LogP contribution in [0.1, 0.15) is 63.4 Å². The lowest BCUT2D eigenvalue weighted by atomic mass is 9.66. The highest BCUT2D eigenvalue weighted by molar-refractivity contribution is 6.32. The number of nitrogens with one attached hydrogen (secondary N) is 1. The molecule has 4 nitrogen and oxygen atoms in total. The highest BCUT2D eigenvalue weighted by Gasteiger charge is 2.43. The van der Waals surface area contributed by atoms with Gasteiger partial charge in [0, 0.05) is 25.2 Å². The van der Waals surface area contributed by atoms with Gasteiger partial charge in [-0.25, -0.2) is 0 Å². The molecule has 0 amide bonds. The second-order valence-electron chi connectivity index (χ2n) is 9.41. The van der Waals surface area contributed by atoms with Crippen molar-refractivity contribution in [3.8, 4) is 6.07 Å². The van der Waals surface area contributed by atoms with Gasteiger partial charge in [0.1, 0.15) is 6.07 Å². The Morgan fingerprint density at radius 1 is 1.14 bits per heavy atom. The quantitative estimate of drug-likeness (QED) is 0.771. The Labute approximate surface area is 172 Å². The van der Waals surface area contributed by atoms with Crippen LogP contribution in [-0.4, -0.2) is 24.8 Å². The molecule has 5 heteroatoms. The molecule has 28 heavy (non-hydrogen) atoms. The fourth-order valence-corrected chi connectivity index (χ4v) is 6.11. The van der Waals surface area contributed by atoms with E-state index in [9.17, 15) is 5.26 Å². The third-order valence-corrected chi connectivity index (χ3v) is 8.08. The summed E-state index contributed by atoms with van der Waals surface area (Å²) in [4.78, 5) is 0. The van der Waals surface area contributed by atoms with E-state index in [0.29, 0.717) is 28.0 Å². The Balaban J connectivity index is 1.39. The summed E-state index contributed by atoms with van der Waals surface area (Å²) in [5.74, 6) is 1.37. The van der Waals surface area contributed by atoms with Crippen LogP contribution in [0.3, 0.4) is 0 Å². The number of nitrogens with zero attached hydrogens (tertiary/aromatic N) is 3. The van der Waals surface area contributed by atoms with Crippen molar-refractivity contribution in [2.45, 2.75) is 63.8 Å². The van der Waals surface area contributed by atoms with Gasteiger partial charge in [0.25, 0.3) is 0 Å². The van der Waals surface area contributed by atoms with Gasteiger partial charge in [-0.3, -0.25) is 5.01 Å².